The van der Waals surface area contributed by atoms with E-state index >= 15 is 0 Å². The highest BCUT2D eigenvalue weighted by atomic mass is 32.2. The van der Waals surface area contributed by atoms with Crippen LogP contribution in [0.3, 0.4) is 0 Å². The van der Waals surface area contributed by atoms with E-state index in [1.807, 2.05) is 38.1 Å². The van der Waals surface area contributed by atoms with Gasteiger partial charge in [-0.25, -0.2) is 8.42 Å². The highest BCUT2D eigenvalue weighted by molar-refractivity contribution is 7.89. The predicted octanol–water partition coefficient (Wildman–Crippen LogP) is 2.21. The summed E-state index contributed by atoms with van der Waals surface area (Å²) in [5.41, 5.74) is 1.43. The molecule has 2 aromatic carbocycles. The summed E-state index contributed by atoms with van der Waals surface area (Å²) >= 11 is 0. The maximum atomic E-state index is 12.6. The molecule has 1 N–H and O–H groups in total. The second kappa shape index (κ2) is 9.39. The molecular formula is C21H26N2O5S. The predicted molar refractivity (Wildman–Crippen MR) is 110 cm³/mol. The number of amides is 1. The highest BCUT2D eigenvalue weighted by Gasteiger charge is 2.26. The van der Waals surface area contributed by atoms with Crippen LogP contribution in [-0.2, 0) is 14.8 Å². The number of ether oxygens (including phenoxy) is 2. The largest absolute Gasteiger partial charge is 0.491 e. The van der Waals surface area contributed by atoms with Crippen LogP contribution in [0.25, 0.3) is 0 Å². The molecule has 0 unspecified atom stereocenters. The summed E-state index contributed by atoms with van der Waals surface area (Å²) in [6, 6.07) is 13.5. The minimum absolute atomic E-state index is 0.173. The minimum atomic E-state index is -3.57. The summed E-state index contributed by atoms with van der Waals surface area (Å²) < 4.78 is 37.7. The fraction of sp³-hybridized carbons (Fsp3) is 0.381. The van der Waals surface area contributed by atoms with Crippen molar-refractivity contribution in [1.29, 1.82) is 0 Å². The Morgan fingerprint density at radius 3 is 2.45 bits per heavy atom. The molecule has 0 spiro atoms. The summed E-state index contributed by atoms with van der Waals surface area (Å²) in [6.07, 6.45) is 0. The van der Waals surface area contributed by atoms with E-state index in [2.05, 4.69) is 5.32 Å². The first-order valence-corrected chi connectivity index (χ1v) is 11.0. The molecule has 0 aromatic heterocycles. The second-order valence-corrected chi connectivity index (χ2v) is 8.93. The zero-order valence-corrected chi connectivity index (χ0v) is 17.4. The second-order valence-electron chi connectivity index (χ2n) is 6.99. The number of carbonyl (C=O) groups is 1. The van der Waals surface area contributed by atoms with Gasteiger partial charge in [0.2, 0.25) is 10.0 Å². The molecule has 1 atom stereocenters. The summed E-state index contributed by atoms with van der Waals surface area (Å²) in [4.78, 5) is 12.6. The van der Waals surface area contributed by atoms with Gasteiger partial charge in [-0.1, -0.05) is 18.2 Å². The lowest BCUT2D eigenvalue weighted by molar-refractivity contribution is 0.0730. The van der Waals surface area contributed by atoms with Crippen molar-refractivity contribution in [3.63, 3.8) is 0 Å². The average Bonchev–Trinajstić information content (AvgIpc) is 2.74. The Kier molecular flexibility index (Phi) is 6.89. The standard InChI is InChI=1S/C21H26N2O5S/c1-16-5-3-4-6-20(16)28-15-17(2)22-21(24)18-7-9-19(10-8-18)29(25,26)23-11-13-27-14-12-23/h3-10,17H,11-15H2,1-2H3,(H,22,24)/t17-/m1/s1. The van der Waals surface area contributed by atoms with E-state index < -0.39 is 10.0 Å². The van der Waals surface area contributed by atoms with Crippen molar-refractivity contribution in [2.45, 2.75) is 24.8 Å². The third kappa shape index (κ3) is 5.35. The Morgan fingerprint density at radius 1 is 1.14 bits per heavy atom. The Morgan fingerprint density at radius 2 is 1.79 bits per heavy atom. The van der Waals surface area contributed by atoms with Crippen molar-refractivity contribution in [2.75, 3.05) is 32.9 Å². The summed E-state index contributed by atoms with van der Waals surface area (Å²) in [7, 11) is -3.57. The van der Waals surface area contributed by atoms with Gasteiger partial charge in [0.05, 0.1) is 24.2 Å². The molecule has 2 aromatic rings. The zero-order valence-electron chi connectivity index (χ0n) is 16.6. The fourth-order valence-electron chi connectivity index (χ4n) is 3.00. The molecule has 0 aliphatic carbocycles. The van der Waals surface area contributed by atoms with E-state index in [9.17, 15) is 13.2 Å². The Labute approximate surface area is 171 Å². The van der Waals surface area contributed by atoms with Crippen LogP contribution in [0.15, 0.2) is 53.4 Å². The molecule has 1 heterocycles. The first-order chi connectivity index (χ1) is 13.9. The monoisotopic (exact) mass is 418 g/mol. The van der Waals surface area contributed by atoms with E-state index in [4.69, 9.17) is 9.47 Å². The van der Waals surface area contributed by atoms with Gasteiger partial charge in [-0.2, -0.15) is 4.31 Å². The average molecular weight is 419 g/mol. The van der Waals surface area contributed by atoms with Gasteiger partial charge in [-0.3, -0.25) is 4.79 Å². The van der Waals surface area contributed by atoms with Gasteiger partial charge in [0.25, 0.3) is 5.91 Å². The van der Waals surface area contributed by atoms with E-state index in [-0.39, 0.29) is 16.8 Å². The van der Waals surface area contributed by atoms with E-state index in [0.717, 1.165) is 11.3 Å². The van der Waals surface area contributed by atoms with E-state index in [1.165, 1.54) is 28.6 Å². The Bertz CT molecular complexity index is 938. The lowest BCUT2D eigenvalue weighted by atomic mass is 10.2. The number of benzene rings is 2. The smallest absolute Gasteiger partial charge is 0.251 e. The lowest BCUT2D eigenvalue weighted by Gasteiger charge is -2.26. The maximum absolute atomic E-state index is 12.6. The molecule has 1 aliphatic heterocycles. The summed E-state index contributed by atoms with van der Waals surface area (Å²) in [6.45, 7) is 5.61. The van der Waals surface area contributed by atoms with Crippen molar-refractivity contribution >= 4 is 15.9 Å². The normalized spacial score (nSPS) is 16.2. The van der Waals surface area contributed by atoms with Crippen LogP contribution in [0.1, 0.15) is 22.8 Å². The number of carbonyl (C=O) groups excluding carboxylic acids is 1. The minimum Gasteiger partial charge on any atom is -0.491 e. The summed E-state index contributed by atoms with van der Waals surface area (Å²) in [5.74, 6) is 0.507. The molecule has 3 rings (SSSR count). The van der Waals surface area contributed by atoms with E-state index in [0.29, 0.717) is 38.5 Å². The molecule has 0 saturated carbocycles. The van der Waals surface area contributed by atoms with Crippen LogP contribution in [0.4, 0.5) is 0 Å². The van der Waals surface area contributed by atoms with Crippen LogP contribution in [0, 0.1) is 6.92 Å². The molecule has 8 heteroatoms. The summed E-state index contributed by atoms with van der Waals surface area (Å²) in [5, 5.41) is 2.87. The van der Waals surface area contributed by atoms with E-state index in [1.54, 1.807) is 0 Å². The number of sulfonamides is 1. The van der Waals surface area contributed by atoms with Crippen molar-refractivity contribution < 1.29 is 22.7 Å². The number of morpholine rings is 1. The first kappa shape index (κ1) is 21.3. The Balaban J connectivity index is 1.57. The molecule has 1 aliphatic rings. The van der Waals surface area contributed by atoms with Gasteiger partial charge in [-0.05, 0) is 49.7 Å². The third-order valence-electron chi connectivity index (χ3n) is 4.68. The maximum Gasteiger partial charge on any atom is 0.251 e. The molecule has 156 valence electrons. The highest BCUT2D eigenvalue weighted by Crippen LogP contribution is 2.18. The number of hydrogen-bond acceptors (Lipinski definition) is 5. The molecule has 1 saturated heterocycles. The van der Waals surface area contributed by atoms with Gasteiger partial charge in [0, 0.05) is 18.7 Å². The van der Waals surface area contributed by atoms with Gasteiger partial charge < -0.3 is 14.8 Å². The quantitative estimate of drug-likeness (QED) is 0.745. The van der Waals surface area contributed by atoms with Crippen LogP contribution in [0.5, 0.6) is 5.75 Å². The van der Waals surface area contributed by atoms with Gasteiger partial charge >= 0.3 is 0 Å². The van der Waals surface area contributed by atoms with Crippen LogP contribution < -0.4 is 10.1 Å². The molecule has 1 amide bonds. The first-order valence-electron chi connectivity index (χ1n) is 9.55. The van der Waals surface area contributed by atoms with Gasteiger partial charge in [-0.15, -0.1) is 0 Å². The molecule has 0 bridgehead atoms. The SMILES string of the molecule is Cc1ccccc1OC[C@@H](C)NC(=O)c1ccc(S(=O)(=O)N2CCOCC2)cc1. The molecule has 7 nitrogen and oxygen atoms in total. The molecule has 29 heavy (non-hydrogen) atoms. The number of para-hydroxylation sites is 1. The molecule has 0 radical (unpaired) electrons. The van der Waals surface area contributed by atoms with Crippen LogP contribution in [0.2, 0.25) is 0 Å². The number of nitrogens with one attached hydrogen (secondary N) is 1. The van der Waals surface area contributed by atoms with Crippen molar-refractivity contribution in [3.05, 3.63) is 59.7 Å². The number of rotatable bonds is 7. The lowest BCUT2D eigenvalue weighted by Crippen LogP contribution is -2.40. The number of hydrogen-bond donors (Lipinski definition) is 1. The van der Waals surface area contributed by atoms with Crippen LogP contribution >= 0.6 is 0 Å². The van der Waals surface area contributed by atoms with Gasteiger partial charge in [0.15, 0.2) is 0 Å². The van der Waals surface area contributed by atoms with Crippen molar-refractivity contribution in [2.24, 2.45) is 0 Å². The molecular weight excluding hydrogens is 392 g/mol. The number of nitrogens with zero attached hydrogens (tertiary/aromatic N) is 1. The van der Waals surface area contributed by atoms with Crippen molar-refractivity contribution in [3.8, 4) is 5.75 Å². The topological polar surface area (TPSA) is 84.9 Å². The third-order valence-corrected chi connectivity index (χ3v) is 6.60. The fourth-order valence-corrected chi connectivity index (χ4v) is 4.40. The van der Waals surface area contributed by atoms with Gasteiger partial charge in [0.1, 0.15) is 12.4 Å². The zero-order chi connectivity index (χ0) is 20.9. The molecule has 1 fully saturated rings. The number of aryl methyl sites for hydroxylation is 1. The Hall–Kier alpha value is -2.42. The van der Waals surface area contributed by atoms with Crippen molar-refractivity contribution in [1.82, 2.24) is 9.62 Å². The van der Waals surface area contributed by atoms with Crippen LogP contribution in [-0.4, -0.2) is 57.6 Å².